The van der Waals surface area contributed by atoms with E-state index in [0.717, 1.165) is 12.0 Å². The van der Waals surface area contributed by atoms with Crippen LogP contribution in [0.25, 0.3) is 0 Å². The van der Waals surface area contributed by atoms with E-state index in [-0.39, 0.29) is 35.5 Å². The first-order valence-electron chi connectivity index (χ1n) is 23.9. The summed E-state index contributed by atoms with van der Waals surface area (Å²) in [5.41, 5.74) is -0.371. The number of carbonyl (C=O) groups excluding carboxylic acids is 2. The molecule has 1 unspecified atom stereocenters. The number of hydrogen-bond donors (Lipinski definition) is 4. The van der Waals surface area contributed by atoms with Crippen molar-refractivity contribution in [2.75, 3.05) is 0 Å². The zero-order chi connectivity index (χ0) is 46.2. The van der Waals surface area contributed by atoms with Gasteiger partial charge in [0.2, 0.25) is 0 Å². The molecule has 354 valence electrons. The molecule has 63 heavy (non-hydrogen) atoms. The minimum Gasteiger partial charge on any atom is -0.481 e. The molecule has 2 spiro atoms. The zero-order valence-electron chi connectivity index (χ0n) is 39.3. The van der Waals surface area contributed by atoms with Crippen LogP contribution in [-0.2, 0) is 39.2 Å². The third-order valence-electron chi connectivity index (χ3n) is 16.1. The number of aliphatic hydroxyl groups excluding tert-OH is 1. The van der Waals surface area contributed by atoms with Crippen molar-refractivity contribution >= 4 is 29.3 Å². The first-order valence-corrected chi connectivity index (χ1v) is 24.4. The van der Waals surface area contributed by atoms with Gasteiger partial charge in [-0.1, -0.05) is 73.6 Å². The molecular weight excluding hydrogens is 826 g/mol. The maximum atomic E-state index is 14.7. The van der Waals surface area contributed by atoms with Crippen molar-refractivity contribution in [3.05, 3.63) is 47.5 Å². The monoisotopic (exact) mass is 902 g/mol. The van der Waals surface area contributed by atoms with Crippen molar-refractivity contribution < 1.29 is 53.4 Å². The highest BCUT2D eigenvalue weighted by atomic mass is 35.5. The maximum absolute atomic E-state index is 14.7. The largest absolute Gasteiger partial charge is 0.481 e. The number of benzene rings is 1. The van der Waals surface area contributed by atoms with Crippen LogP contribution in [-0.4, -0.2) is 98.4 Å². The van der Waals surface area contributed by atoms with Crippen LogP contribution in [0.2, 0.25) is 0 Å². The lowest BCUT2D eigenvalue weighted by Gasteiger charge is -2.55. The van der Waals surface area contributed by atoms with Gasteiger partial charge in [-0.3, -0.25) is 14.4 Å². The molecule has 6 rings (SSSR count). The lowest BCUT2D eigenvalue weighted by Crippen LogP contribution is -2.65. The van der Waals surface area contributed by atoms with Crippen LogP contribution in [0.5, 0.6) is 0 Å². The number of aliphatic carboxylic acids is 1. The molecule has 0 saturated carbocycles. The first kappa shape index (κ1) is 50.0. The topological polar surface area (TPSA) is 170 Å². The SMILES string of the molecule is CCC(C(=O)[C@@H](C)[C@@H](O)[C@H](C)[C@@H]1O[C@@H]([C@@H](CC)C(=O)O)CC[C@@H]1C)[C@H]1O[C@]2(C=C[C@@H](NC(=O)c3ccc(CCl)cc3)[C@]3(CC[C@@](C)([C@H]4CC[C@](O)(CC)[C@H](C)O4)O3)O2)[C@H](C)C[C@@H]1C. The van der Waals surface area contributed by atoms with E-state index in [1.54, 1.807) is 19.1 Å². The van der Waals surface area contributed by atoms with Gasteiger partial charge in [-0.15, -0.1) is 11.6 Å². The van der Waals surface area contributed by atoms with Gasteiger partial charge in [0.05, 0.1) is 53.7 Å². The number of carbonyl (C=O) groups is 3. The van der Waals surface area contributed by atoms with E-state index in [2.05, 4.69) is 26.1 Å². The number of halogens is 1. The Kier molecular flexibility index (Phi) is 15.7. The van der Waals surface area contributed by atoms with Gasteiger partial charge in [-0.05, 0) is 107 Å². The van der Waals surface area contributed by atoms with Crippen LogP contribution in [0.4, 0.5) is 0 Å². The van der Waals surface area contributed by atoms with E-state index >= 15 is 0 Å². The lowest BCUT2D eigenvalue weighted by atomic mass is 9.72. The summed E-state index contributed by atoms with van der Waals surface area (Å²) in [6, 6.07) is 6.45. The standard InChI is InChI=1S/C50H76ClNO11/c1-11-36(46(56)57)38-19-14-28(4)43(60-38)32(8)41(53)31(7)42(54)37(12-2)44-29(5)26-30(6)49(61-44)23-20-39(52-45(55)35-17-15-34(27-51)16-18-35)50(63-49)25-24-47(10,62-50)40-21-22-48(58,13-3)33(9)59-40/h15-18,20,23,28-33,36-41,43-44,53,58H,11-14,19,21-22,24-27H2,1-10H3,(H,52,55)(H,56,57)/t28-,29-,30+,31-,32-,33-,36+,37?,38+,39+,40+,41+,43+,44-,47-,48+,49-,50-/m0/s1. The molecule has 18 atom stereocenters. The van der Waals surface area contributed by atoms with Crippen LogP contribution in [0.3, 0.4) is 0 Å². The third-order valence-corrected chi connectivity index (χ3v) is 16.4. The second kappa shape index (κ2) is 19.8. The van der Waals surface area contributed by atoms with Crippen molar-refractivity contribution in [2.45, 2.75) is 205 Å². The summed E-state index contributed by atoms with van der Waals surface area (Å²) < 4.78 is 34.7. The molecule has 4 N–H and O–H groups in total. The number of nitrogens with one attached hydrogen (secondary N) is 1. The highest BCUT2D eigenvalue weighted by Crippen LogP contribution is 2.54. The Morgan fingerprint density at radius 1 is 0.889 bits per heavy atom. The Labute approximate surface area is 380 Å². The number of aliphatic hydroxyl groups is 2. The molecule has 0 aliphatic carbocycles. The number of ether oxygens (including phenoxy) is 5. The molecule has 4 fully saturated rings. The van der Waals surface area contributed by atoms with Gasteiger partial charge in [-0.2, -0.15) is 0 Å². The Bertz CT molecular complexity index is 1790. The molecule has 0 radical (unpaired) electrons. The summed E-state index contributed by atoms with van der Waals surface area (Å²) in [7, 11) is 0. The van der Waals surface area contributed by atoms with Crippen molar-refractivity contribution in [2.24, 2.45) is 41.4 Å². The molecule has 13 heteroatoms. The molecular formula is C50H76ClNO11. The van der Waals surface area contributed by atoms with Gasteiger partial charge in [0.15, 0.2) is 11.6 Å². The molecule has 1 amide bonds. The minimum atomic E-state index is -1.36. The summed E-state index contributed by atoms with van der Waals surface area (Å²) in [4.78, 5) is 40.7. The molecule has 1 aromatic carbocycles. The number of hydrogen-bond acceptors (Lipinski definition) is 10. The third kappa shape index (κ3) is 9.85. The lowest BCUT2D eigenvalue weighted by molar-refractivity contribution is -0.397. The highest BCUT2D eigenvalue weighted by molar-refractivity contribution is 6.17. The Balaban J connectivity index is 1.26. The van der Waals surface area contributed by atoms with Gasteiger partial charge in [0, 0.05) is 41.5 Å². The normalized spacial score (nSPS) is 40.6. The number of amides is 1. The van der Waals surface area contributed by atoms with Crippen molar-refractivity contribution in [1.82, 2.24) is 5.32 Å². The molecule has 0 aromatic heterocycles. The zero-order valence-corrected chi connectivity index (χ0v) is 40.1. The predicted molar refractivity (Wildman–Crippen MR) is 240 cm³/mol. The number of carboxylic acids is 1. The smallest absolute Gasteiger partial charge is 0.309 e. The van der Waals surface area contributed by atoms with E-state index < -0.39 is 89.0 Å². The Morgan fingerprint density at radius 2 is 1.57 bits per heavy atom. The maximum Gasteiger partial charge on any atom is 0.309 e. The van der Waals surface area contributed by atoms with Gasteiger partial charge >= 0.3 is 5.97 Å². The van der Waals surface area contributed by atoms with E-state index in [9.17, 15) is 29.7 Å². The Morgan fingerprint density at radius 3 is 2.17 bits per heavy atom. The van der Waals surface area contributed by atoms with Crippen molar-refractivity contribution in [3.8, 4) is 0 Å². The molecule has 4 saturated heterocycles. The average Bonchev–Trinajstić information content (AvgIpc) is 3.61. The predicted octanol–water partition coefficient (Wildman–Crippen LogP) is 8.36. The number of Topliss-reactive ketones (excluding diaryl/α,β-unsaturated/α-hetero) is 1. The van der Waals surface area contributed by atoms with Crippen LogP contribution < -0.4 is 5.32 Å². The van der Waals surface area contributed by atoms with Gasteiger partial charge < -0.3 is 44.3 Å². The van der Waals surface area contributed by atoms with Crippen LogP contribution in [0.15, 0.2) is 36.4 Å². The second-order valence-corrected chi connectivity index (χ2v) is 20.5. The summed E-state index contributed by atoms with van der Waals surface area (Å²) in [5.74, 6) is -6.08. The van der Waals surface area contributed by atoms with Gasteiger partial charge in [0.1, 0.15) is 11.8 Å². The van der Waals surface area contributed by atoms with Crippen LogP contribution in [0, 0.1) is 41.4 Å². The number of ketones is 1. The second-order valence-electron chi connectivity index (χ2n) is 20.3. The van der Waals surface area contributed by atoms with Gasteiger partial charge in [0.25, 0.3) is 5.91 Å². The summed E-state index contributed by atoms with van der Waals surface area (Å²) in [6.45, 7) is 19.6. The quantitative estimate of drug-likeness (QED) is 0.0986. The first-order chi connectivity index (χ1) is 29.7. The van der Waals surface area contributed by atoms with Crippen LogP contribution in [0.1, 0.15) is 149 Å². The fourth-order valence-corrected chi connectivity index (χ4v) is 11.8. The fraction of sp³-hybridized carbons (Fsp3) is 0.780. The average molecular weight is 903 g/mol. The molecule has 5 heterocycles. The summed E-state index contributed by atoms with van der Waals surface area (Å²) >= 11 is 6.04. The highest BCUT2D eigenvalue weighted by Gasteiger charge is 2.63. The number of carboxylic acid groups (broad SMARTS) is 1. The Hall–Kier alpha value is -2.42. The van der Waals surface area contributed by atoms with Crippen LogP contribution >= 0.6 is 11.6 Å². The number of rotatable bonds is 15. The van der Waals surface area contributed by atoms with Gasteiger partial charge in [-0.25, -0.2) is 0 Å². The number of alkyl halides is 1. The van der Waals surface area contributed by atoms with E-state index in [1.807, 2.05) is 65.8 Å². The molecule has 0 bridgehead atoms. The van der Waals surface area contributed by atoms with Crippen molar-refractivity contribution in [3.63, 3.8) is 0 Å². The molecule has 5 aliphatic heterocycles. The van der Waals surface area contributed by atoms with E-state index in [1.165, 1.54) is 0 Å². The molecule has 5 aliphatic rings. The van der Waals surface area contributed by atoms with E-state index in [0.29, 0.717) is 69.2 Å². The summed E-state index contributed by atoms with van der Waals surface area (Å²) in [6.07, 6.45) is 6.39. The fourth-order valence-electron chi connectivity index (χ4n) is 11.6. The van der Waals surface area contributed by atoms with E-state index in [4.69, 9.17) is 35.3 Å². The minimum absolute atomic E-state index is 0.0312. The molecule has 1 aromatic rings. The molecule has 12 nitrogen and oxygen atoms in total. The van der Waals surface area contributed by atoms with Crippen molar-refractivity contribution in [1.29, 1.82) is 0 Å². The summed E-state index contributed by atoms with van der Waals surface area (Å²) in [5, 5.41) is 36.2.